The Morgan fingerprint density at radius 2 is 2.29 bits per heavy atom. The molecule has 14 heavy (non-hydrogen) atoms. The van der Waals surface area contributed by atoms with Crippen molar-refractivity contribution in [2.75, 3.05) is 24.6 Å². The second-order valence-corrected chi connectivity index (χ2v) is 6.85. The van der Waals surface area contributed by atoms with Crippen molar-refractivity contribution in [3.8, 4) is 0 Å². The highest BCUT2D eigenvalue weighted by Gasteiger charge is 2.30. The van der Waals surface area contributed by atoms with E-state index in [9.17, 15) is 4.79 Å². The number of nitrogens with zero attached hydrogens (tertiary/aromatic N) is 2. The van der Waals surface area contributed by atoms with Crippen LogP contribution in [0.1, 0.15) is 13.8 Å². The number of hydrogen-bond donors (Lipinski definition) is 0. The van der Waals surface area contributed by atoms with E-state index in [1.807, 2.05) is 11.8 Å². The highest BCUT2D eigenvalue weighted by molar-refractivity contribution is 8.14. The van der Waals surface area contributed by atoms with Crippen LogP contribution >= 0.6 is 23.5 Å². The fraction of sp³-hybridized carbons (Fsp3) is 0.778. The van der Waals surface area contributed by atoms with Gasteiger partial charge in [0.25, 0.3) is 5.91 Å². The Hall–Kier alpha value is -0.160. The van der Waals surface area contributed by atoms with Crippen molar-refractivity contribution in [1.29, 1.82) is 0 Å². The second-order valence-electron chi connectivity index (χ2n) is 4.11. The molecular formula is C9H14N2OS2. The van der Waals surface area contributed by atoms with Gasteiger partial charge in [-0.1, -0.05) is 11.8 Å². The van der Waals surface area contributed by atoms with E-state index in [1.165, 1.54) is 0 Å². The third-order valence-corrected chi connectivity index (χ3v) is 4.54. The molecular weight excluding hydrogens is 216 g/mol. The van der Waals surface area contributed by atoms with Crippen LogP contribution < -0.4 is 0 Å². The molecule has 3 nitrogen and oxygen atoms in total. The van der Waals surface area contributed by atoms with Crippen molar-refractivity contribution in [3.63, 3.8) is 0 Å². The summed E-state index contributed by atoms with van der Waals surface area (Å²) < 4.78 is 0.285. The summed E-state index contributed by atoms with van der Waals surface area (Å²) in [5.74, 6) is 1.67. The molecule has 1 amide bonds. The quantitative estimate of drug-likeness (QED) is 0.630. The fourth-order valence-electron chi connectivity index (χ4n) is 1.64. The number of aliphatic imine (C=N–C) groups is 1. The summed E-state index contributed by atoms with van der Waals surface area (Å²) in [5.41, 5.74) is 0. The molecule has 5 heteroatoms. The highest BCUT2D eigenvalue weighted by Crippen LogP contribution is 2.31. The van der Waals surface area contributed by atoms with Gasteiger partial charge in [0.1, 0.15) is 0 Å². The zero-order valence-corrected chi connectivity index (χ0v) is 10.1. The van der Waals surface area contributed by atoms with Crippen molar-refractivity contribution < 1.29 is 4.79 Å². The van der Waals surface area contributed by atoms with Gasteiger partial charge in [-0.25, -0.2) is 0 Å². The molecule has 1 saturated heterocycles. The molecule has 78 valence electrons. The van der Waals surface area contributed by atoms with E-state index in [0.29, 0.717) is 5.75 Å². The molecule has 2 aliphatic rings. The largest absolute Gasteiger partial charge is 0.349 e. The fourth-order valence-corrected chi connectivity index (χ4v) is 3.57. The maximum atomic E-state index is 11.0. The number of carbonyl (C=O) groups excluding carboxylic acids is 1. The van der Waals surface area contributed by atoms with Gasteiger partial charge >= 0.3 is 0 Å². The van der Waals surface area contributed by atoms with Crippen LogP contribution in [0.15, 0.2) is 4.99 Å². The first-order valence-corrected chi connectivity index (χ1v) is 6.67. The Balaban J connectivity index is 2.05. The number of amidine groups is 1. The summed E-state index contributed by atoms with van der Waals surface area (Å²) in [6.45, 7) is 6.50. The van der Waals surface area contributed by atoms with Gasteiger partial charge in [-0.3, -0.25) is 4.79 Å². The van der Waals surface area contributed by atoms with Crippen LogP contribution in [0.3, 0.4) is 0 Å². The molecule has 0 aromatic rings. The lowest BCUT2D eigenvalue weighted by Gasteiger charge is -2.38. The smallest absolute Gasteiger partial charge is 0.258 e. The molecule has 1 fully saturated rings. The number of carbonyl (C=O) groups is 1. The average molecular weight is 230 g/mol. The molecule has 0 unspecified atom stereocenters. The predicted molar refractivity (Wildman–Crippen MR) is 63.0 cm³/mol. The molecule has 2 aliphatic heterocycles. The van der Waals surface area contributed by atoms with Gasteiger partial charge in [0.05, 0.1) is 5.75 Å². The Bertz CT molecular complexity index is 289. The normalized spacial score (nSPS) is 26.6. The minimum absolute atomic E-state index is 0.0148. The topological polar surface area (TPSA) is 32.7 Å². The maximum Gasteiger partial charge on any atom is 0.258 e. The van der Waals surface area contributed by atoms with Crippen molar-refractivity contribution in [2.45, 2.75) is 18.6 Å². The second kappa shape index (κ2) is 3.77. The Labute approximate surface area is 92.7 Å². The van der Waals surface area contributed by atoms with Crippen LogP contribution in [0.2, 0.25) is 0 Å². The lowest BCUT2D eigenvalue weighted by molar-refractivity contribution is -0.115. The molecule has 0 atom stereocenters. The van der Waals surface area contributed by atoms with E-state index in [0.717, 1.165) is 24.0 Å². The highest BCUT2D eigenvalue weighted by atomic mass is 32.2. The number of thioether (sulfide) groups is 2. The lowest BCUT2D eigenvalue weighted by Crippen LogP contribution is -2.44. The molecule has 0 aliphatic carbocycles. The van der Waals surface area contributed by atoms with Crippen molar-refractivity contribution >= 4 is 34.6 Å². The van der Waals surface area contributed by atoms with Gasteiger partial charge < -0.3 is 4.90 Å². The van der Waals surface area contributed by atoms with Crippen molar-refractivity contribution in [3.05, 3.63) is 0 Å². The predicted octanol–water partition coefficient (Wildman–Crippen LogP) is 1.44. The van der Waals surface area contributed by atoms with Crippen molar-refractivity contribution in [1.82, 2.24) is 4.90 Å². The third-order valence-electron chi connectivity index (χ3n) is 2.24. The van der Waals surface area contributed by atoms with Gasteiger partial charge in [-0.15, -0.1) is 0 Å². The zero-order chi connectivity index (χ0) is 10.2. The van der Waals surface area contributed by atoms with Gasteiger partial charge in [0, 0.05) is 23.6 Å². The van der Waals surface area contributed by atoms with Crippen LogP contribution in [0, 0.1) is 0 Å². The molecule has 0 bridgehead atoms. The van der Waals surface area contributed by atoms with E-state index >= 15 is 0 Å². The minimum Gasteiger partial charge on any atom is -0.349 e. The molecule has 2 rings (SSSR count). The Morgan fingerprint density at radius 3 is 2.86 bits per heavy atom. The maximum absolute atomic E-state index is 11.0. The summed E-state index contributed by atoms with van der Waals surface area (Å²) in [7, 11) is 0. The van der Waals surface area contributed by atoms with Crippen LogP contribution in [-0.4, -0.2) is 45.3 Å². The van der Waals surface area contributed by atoms with Gasteiger partial charge in [-0.2, -0.15) is 16.8 Å². The SMILES string of the molecule is CC1(C)CN(C2=NC(=O)CS2)CCS1. The Kier molecular flexibility index (Phi) is 2.79. The summed E-state index contributed by atoms with van der Waals surface area (Å²) in [5, 5.41) is 0.934. The molecule has 0 radical (unpaired) electrons. The monoisotopic (exact) mass is 230 g/mol. The minimum atomic E-state index is 0.0148. The molecule has 0 spiro atoms. The molecule has 0 aromatic heterocycles. The van der Waals surface area contributed by atoms with Crippen LogP contribution in [0.25, 0.3) is 0 Å². The van der Waals surface area contributed by atoms with E-state index in [-0.39, 0.29) is 10.7 Å². The van der Waals surface area contributed by atoms with E-state index in [2.05, 4.69) is 23.7 Å². The van der Waals surface area contributed by atoms with Crippen LogP contribution in [-0.2, 0) is 4.79 Å². The van der Waals surface area contributed by atoms with Crippen LogP contribution in [0.4, 0.5) is 0 Å². The summed E-state index contributed by atoms with van der Waals surface area (Å²) in [6.07, 6.45) is 0. The summed E-state index contributed by atoms with van der Waals surface area (Å²) in [4.78, 5) is 17.3. The molecule has 0 N–H and O–H groups in total. The van der Waals surface area contributed by atoms with E-state index < -0.39 is 0 Å². The van der Waals surface area contributed by atoms with Gasteiger partial charge in [0.15, 0.2) is 5.17 Å². The average Bonchev–Trinajstić information content (AvgIpc) is 2.50. The lowest BCUT2D eigenvalue weighted by atomic mass is 10.2. The first-order valence-electron chi connectivity index (χ1n) is 4.70. The first kappa shape index (κ1) is 10.4. The zero-order valence-electron chi connectivity index (χ0n) is 8.45. The molecule has 2 heterocycles. The van der Waals surface area contributed by atoms with Gasteiger partial charge in [0.2, 0.25) is 0 Å². The summed E-state index contributed by atoms with van der Waals surface area (Å²) in [6, 6.07) is 0. The number of hydrogen-bond acceptors (Lipinski definition) is 4. The summed E-state index contributed by atoms with van der Waals surface area (Å²) >= 11 is 3.57. The van der Waals surface area contributed by atoms with Gasteiger partial charge in [-0.05, 0) is 13.8 Å². The Morgan fingerprint density at radius 1 is 1.50 bits per heavy atom. The standard InChI is InChI=1S/C9H14N2OS2/c1-9(2)6-11(3-4-14-9)8-10-7(12)5-13-8/h3-6H2,1-2H3. The third kappa shape index (κ3) is 2.25. The van der Waals surface area contributed by atoms with E-state index in [1.54, 1.807) is 11.8 Å². The van der Waals surface area contributed by atoms with Crippen molar-refractivity contribution in [2.24, 2.45) is 4.99 Å². The molecule has 0 saturated carbocycles. The molecule has 0 aromatic carbocycles. The first-order chi connectivity index (χ1) is 6.57. The van der Waals surface area contributed by atoms with Crippen LogP contribution in [0.5, 0.6) is 0 Å². The number of amides is 1. The number of rotatable bonds is 0. The van der Waals surface area contributed by atoms with E-state index in [4.69, 9.17) is 0 Å².